The average Bonchev–Trinajstić information content (AvgIpc) is 2.39. The van der Waals surface area contributed by atoms with Crippen LogP contribution in [-0.4, -0.2) is 44.1 Å². The van der Waals surface area contributed by atoms with Crippen LogP contribution in [0.4, 0.5) is 0 Å². The van der Waals surface area contributed by atoms with Crippen molar-refractivity contribution in [3.63, 3.8) is 0 Å². The molecule has 0 aliphatic heterocycles. The number of nitrogens with one attached hydrogen (secondary N) is 1. The molecule has 0 bridgehead atoms. The molecule has 0 saturated carbocycles. The summed E-state index contributed by atoms with van der Waals surface area (Å²) >= 11 is 0. The van der Waals surface area contributed by atoms with Gasteiger partial charge >= 0.3 is 0 Å². The minimum atomic E-state index is -0.521. The van der Waals surface area contributed by atoms with Gasteiger partial charge in [0.2, 0.25) is 0 Å². The van der Waals surface area contributed by atoms with Crippen molar-refractivity contribution in [2.75, 3.05) is 26.8 Å². The third-order valence-corrected chi connectivity index (χ3v) is 2.66. The summed E-state index contributed by atoms with van der Waals surface area (Å²) in [4.78, 5) is 0. The Bertz CT molecular complexity index is 305. The van der Waals surface area contributed by atoms with Crippen LogP contribution >= 0.6 is 0 Å². The van der Waals surface area contributed by atoms with Crippen LogP contribution in [0.3, 0.4) is 0 Å². The van der Waals surface area contributed by atoms with Crippen LogP contribution in [0.15, 0.2) is 30.3 Å². The second-order valence-corrected chi connectivity index (χ2v) is 4.25. The maximum absolute atomic E-state index is 9.92. The van der Waals surface area contributed by atoms with Crippen LogP contribution < -0.4 is 10.1 Å². The lowest BCUT2D eigenvalue weighted by Crippen LogP contribution is -2.38. The number of para-hydroxylation sites is 1. The molecule has 0 amide bonds. The zero-order chi connectivity index (χ0) is 13.2. The normalized spacial score (nSPS) is 14.2. The quantitative estimate of drug-likeness (QED) is 0.654. The molecular formula is C14H23NO3. The van der Waals surface area contributed by atoms with Gasteiger partial charge in [-0.05, 0) is 32.0 Å². The van der Waals surface area contributed by atoms with Gasteiger partial charge in [-0.15, -0.1) is 0 Å². The van der Waals surface area contributed by atoms with E-state index >= 15 is 0 Å². The topological polar surface area (TPSA) is 50.7 Å². The standard InChI is InChI=1S/C14H23NO3/c1-12(18-13-7-4-3-5-8-13)14(16)11-15-9-6-10-17-2/h3-5,7-8,12,14-16H,6,9-11H2,1-2H3. The summed E-state index contributed by atoms with van der Waals surface area (Å²) in [5, 5.41) is 13.1. The first-order chi connectivity index (χ1) is 8.74. The zero-order valence-corrected chi connectivity index (χ0v) is 11.1. The van der Waals surface area contributed by atoms with E-state index in [-0.39, 0.29) is 6.10 Å². The monoisotopic (exact) mass is 253 g/mol. The first-order valence-corrected chi connectivity index (χ1v) is 6.33. The van der Waals surface area contributed by atoms with Gasteiger partial charge in [0.05, 0.1) is 0 Å². The fraction of sp³-hybridized carbons (Fsp3) is 0.571. The van der Waals surface area contributed by atoms with E-state index in [0.29, 0.717) is 6.54 Å². The fourth-order valence-electron chi connectivity index (χ4n) is 1.55. The molecule has 0 radical (unpaired) electrons. The lowest BCUT2D eigenvalue weighted by molar-refractivity contribution is 0.0474. The summed E-state index contributed by atoms with van der Waals surface area (Å²) in [6.45, 7) is 3.97. The Hall–Kier alpha value is -1.10. The molecule has 0 saturated heterocycles. The molecule has 1 aromatic rings. The highest BCUT2D eigenvalue weighted by atomic mass is 16.5. The number of rotatable bonds is 9. The van der Waals surface area contributed by atoms with E-state index in [9.17, 15) is 5.11 Å². The summed E-state index contributed by atoms with van der Waals surface area (Å²) in [5.74, 6) is 0.781. The summed E-state index contributed by atoms with van der Waals surface area (Å²) < 4.78 is 10.6. The molecule has 4 heteroatoms. The van der Waals surface area contributed by atoms with Gasteiger partial charge in [0.25, 0.3) is 0 Å². The van der Waals surface area contributed by atoms with E-state index in [0.717, 1.165) is 25.3 Å². The molecule has 2 unspecified atom stereocenters. The van der Waals surface area contributed by atoms with Crippen molar-refractivity contribution in [1.29, 1.82) is 0 Å². The number of benzene rings is 1. The van der Waals surface area contributed by atoms with Gasteiger partial charge in [-0.1, -0.05) is 18.2 Å². The number of aliphatic hydroxyl groups excluding tert-OH is 1. The van der Waals surface area contributed by atoms with Crippen LogP contribution in [-0.2, 0) is 4.74 Å². The molecule has 4 nitrogen and oxygen atoms in total. The SMILES string of the molecule is COCCCNCC(O)C(C)Oc1ccccc1. The Labute approximate surface area is 109 Å². The molecule has 0 fully saturated rings. The van der Waals surface area contributed by atoms with Gasteiger partial charge in [0.1, 0.15) is 18.0 Å². The minimum Gasteiger partial charge on any atom is -0.488 e. The van der Waals surface area contributed by atoms with E-state index < -0.39 is 6.10 Å². The summed E-state index contributed by atoms with van der Waals surface area (Å²) in [7, 11) is 1.69. The third-order valence-electron chi connectivity index (χ3n) is 2.66. The number of hydrogen-bond acceptors (Lipinski definition) is 4. The van der Waals surface area contributed by atoms with E-state index in [2.05, 4.69) is 5.32 Å². The summed E-state index contributed by atoms with van der Waals surface area (Å²) in [5.41, 5.74) is 0. The Balaban J connectivity index is 2.18. The largest absolute Gasteiger partial charge is 0.488 e. The number of hydrogen-bond donors (Lipinski definition) is 2. The number of aliphatic hydroxyl groups is 1. The predicted octanol–water partition coefficient (Wildman–Crippen LogP) is 1.44. The van der Waals surface area contributed by atoms with E-state index in [1.807, 2.05) is 37.3 Å². The molecule has 1 rings (SSSR count). The molecule has 0 aromatic heterocycles. The Morgan fingerprint density at radius 1 is 1.28 bits per heavy atom. The number of ether oxygens (including phenoxy) is 2. The van der Waals surface area contributed by atoms with Gasteiger partial charge in [-0.2, -0.15) is 0 Å². The van der Waals surface area contributed by atoms with Crippen LogP contribution in [0.5, 0.6) is 5.75 Å². The third kappa shape index (κ3) is 6.00. The van der Waals surface area contributed by atoms with Crippen molar-refractivity contribution in [1.82, 2.24) is 5.32 Å². The molecule has 0 aliphatic carbocycles. The molecule has 0 heterocycles. The van der Waals surface area contributed by atoms with E-state index in [4.69, 9.17) is 9.47 Å². The van der Waals surface area contributed by atoms with Gasteiger partial charge < -0.3 is 19.9 Å². The first-order valence-electron chi connectivity index (χ1n) is 6.33. The number of methoxy groups -OCH3 is 1. The van der Waals surface area contributed by atoms with Crippen LogP contribution in [0.25, 0.3) is 0 Å². The first kappa shape index (κ1) is 15.0. The predicted molar refractivity (Wildman–Crippen MR) is 71.9 cm³/mol. The molecular weight excluding hydrogens is 230 g/mol. The van der Waals surface area contributed by atoms with E-state index in [1.165, 1.54) is 0 Å². The van der Waals surface area contributed by atoms with Gasteiger partial charge in [-0.25, -0.2) is 0 Å². The van der Waals surface area contributed by atoms with Crippen molar-refractivity contribution < 1.29 is 14.6 Å². The van der Waals surface area contributed by atoms with Crippen LogP contribution in [0, 0.1) is 0 Å². The van der Waals surface area contributed by atoms with E-state index in [1.54, 1.807) is 7.11 Å². The van der Waals surface area contributed by atoms with Crippen molar-refractivity contribution in [3.05, 3.63) is 30.3 Å². The minimum absolute atomic E-state index is 0.234. The highest BCUT2D eigenvalue weighted by Gasteiger charge is 2.15. The highest BCUT2D eigenvalue weighted by Crippen LogP contribution is 2.12. The average molecular weight is 253 g/mol. The Morgan fingerprint density at radius 3 is 2.67 bits per heavy atom. The lowest BCUT2D eigenvalue weighted by atomic mass is 10.2. The van der Waals surface area contributed by atoms with Gasteiger partial charge in [-0.3, -0.25) is 0 Å². The molecule has 102 valence electrons. The van der Waals surface area contributed by atoms with Crippen molar-refractivity contribution in [3.8, 4) is 5.75 Å². The second-order valence-electron chi connectivity index (χ2n) is 4.25. The Kier molecular flexibility index (Phi) is 7.41. The Morgan fingerprint density at radius 2 is 2.00 bits per heavy atom. The molecule has 2 atom stereocenters. The van der Waals surface area contributed by atoms with Crippen LogP contribution in [0.2, 0.25) is 0 Å². The highest BCUT2D eigenvalue weighted by molar-refractivity contribution is 5.21. The summed E-state index contributed by atoms with van der Waals surface area (Å²) in [6, 6.07) is 9.53. The smallest absolute Gasteiger partial charge is 0.123 e. The maximum atomic E-state index is 9.92. The summed E-state index contributed by atoms with van der Waals surface area (Å²) in [6.07, 6.45) is 0.187. The van der Waals surface area contributed by atoms with Crippen molar-refractivity contribution >= 4 is 0 Å². The van der Waals surface area contributed by atoms with Crippen molar-refractivity contribution in [2.45, 2.75) is 25.6 Å². The molecule has 0 aliphatic rings. The second kappa shape index (κ2) is 8.91. The van der Waals surface area contributed by atoms with Crippen molar-refractivity contribution in [2.24, 2.45) is 0 Å². The fourth-order valence-corrected chi connectivity index (χ4v) is 1.55. The zero-order valence-electron chi connectivity index (χ0n) is 11.1. The molecule has 1 aromatic carbocycles. The molecule has 0 spiro atoms. The van der Waals surface area contributed by atoms with Gasteiger partial charge in [0.15, 0.2) is 0 Å². The lowest BCUT2D eigenvalue weighted by Gasteiger charge is -2.21. The molecule has 2 N–H and O–H groups in total. The maximum Gasteiger partial charge on any atom is 0.123 e. The van der Waals surface area contributed by atoms with Gasteiger partial charge in [0, 0.05) is 20.3 Å². The molecule has 18 heavy (non-hydrogen) atoms. The van der Waals surface area contributed by atoms with Crippen LogP contribution in [0.1, 0.15) is 13.3 Å².